The second-order valence-electron chi connectivity index (χ2n) is 7.45. The summed E-state index contributed by atoms with van der Waals surface area (Å²) in [6, 6.07) is 4.15. The average molecular weight is 316 g/mol. The standard InChI is InChI=1S/C18H28N2O.C2H4/c1-10-12-4-5-15-13(6-7-16(19)17(15)20)14(12)8-9-18(10,3)11(2)21;1-2/h6-7,10-12,14,21H,4-5,8-9,19-20H2,1-3H3;1-2H2. The van der Waals surface area contributed by atoms with Gasteiger partial charge in [0.1, 0.15) is 0 Å². The van der Waals surface area contributed by atoms with Crippen molar-refractivity contribution in [3.63, 3.8) is 0 Å². The normalized spacial score (nSPS) is 33.7. The van der Waals surface area contributed by atoms with Gasteiger partial charge in [-0.3, -0.25) is 0 Å². The number of benzene rings is 1. The molecule has 0 amide bonds. The van der Waals surface area contributed by atoms with Crippen molar-refractivity contribution in [1.29, 1.82) is 0 Å². The van der Waals surface area contributed by atoms with E-state index in [0.717, 1.165) is 31.4 Å². The Bertz CT molecular complexity index is 569. The summed E-state index contributed by atoms with van der Waals surface area (Å²) in [6.07, 6.45) is 4.16. The zero-order chi connectivity index (χ0) is 17.4. The van der Waals surface area contributed by atoms with E-state index < -0.39 is 0 Å². The minimum absolute atomic E-state index is 0.0397. The van der Waals surface area contributed by atoms with Crippen LogP contribution < -0.4 is 11.5 Å². The molecule has 1 fully saturated rings. The zero-order valence-corrected chi connectivity index (χ0v) is 14.8. The molecule has 3 heteroatoms. The number of nitrogen functional groups attached to an aromatic ring is 2. The molecule has 0 bridgehead atoms. The maximum atomic E-state index is 10.2. The van der Waals surface area contributed by atoms with E-state index in [2.05, 4.69) is 33.1 Å². The van der Waals surface area contributed by atoms with Gasteiger partial charge >= 0.3 is 0 Å². The van der Waals surface area contributed by atoms with Crippen molar-refractivity contribution in [2.45, 2.75) is 58.5 Å². The van der Waals surface area contributed by atoms with Gasteiger partial charge in [-0.15, -0.1) is 13.2 Å². The van der Waals surface area contributed by atoms with Crippen LogP contribution in [-0.4, -0.2) is 11.2 Å². The number of aliphatic hydroxyl groups is 1. The third kappa shape index (κ3) is 2.76. The lowest BCUT2D eigenvalue weighted by atomic mass is 9.54. The molecule has 0 heterocycles. The molecule has 0 aliphatic heterocycles. The summed E-state index contributed by atoms with van der Waals surface area (Å²) in [5.41, 5.74) is 16.4. The van der Waals surface area contributed by atoms with Crippen LogP contribution >= 0.6 is 0 Å². The van der Waals surface area contributed by atoms with E-state index in [1.165, 1.54) is 11.1 Å². The Hall–Kier alpha value is -1.48. The molecule has 2 aliphatic rings. The maximum absolute atomic E-state index is 10.2. The van der Waals surface area contributed by atoms with Crippen LogP contribution in [0.2, 0.25) is 0 Å². The first-order chi connectivity index (χ1) is 10.9. The molecule has 0 aromatic heterocycles. The summed E-state index contributed by atoms with van der Waals surface area (Å²) in [6.45, 7) is 12.5. The summed E-state index contributed by atoms with van der Waals surface area (Å²) in [7, 11) is 0. The number of hydrogen-bond acceptors (Lipinski definition) is 3. The molecule has 2 aliphatic carbocycles. The topological polar surface area (TPSA) is 72.3 Å². The third-order valence-corrected chi connectivity index (χ3v) is 6.70. The van der Waals surface area contributed by atoms with Crippen LogP contribution in [0.1, 0.15) is 57.1 Å². The Balaban J connectivity index is 0.000000924. The highest BCUT2D eigenvalue weighted by Gasteiger charge is 2.48. The Kier molecular flexibility index (Phi) is 5.10. The highest BCUT2D eigenvalue weighted by molar-refractivity contribution is 5.70. The first-order valence-corrected chi connectivity index (χ1v) is 8.71. The molecule has 3 rings (SSSR count). The molecule has 5 atom stereocenters. The quantitative estimate of drug-likeness (QED) is 0.539. The van der Waals surface area contributed by atoms with E-state index in [1.54, 1.807) is 0 Å². The van der Waals surface area contributed by atoms with Gasteiger partial charge in [-0.25, -0.2) is 0 Å². The fourth-order valence-corrected chi connectivity index (χ4v) is 4.81. The monoisotopic (exact) mass is 316 g/mol. The van der Waals surface area contributed by atoms with Gasteiger partial charge in [0.05, 0.1) is 17.5 Å². The van der Waals surface area contributed by atoms with Crippen LogP contribution in [0.25, 0.3) is 0 Å². The molecule has 0 saturated heterocycles. The van der Waals surface area contributed by atoms with Crippen molar-refractivity contribution in [2.75, 3.05) is 11.5 Å². The molecule has 0 spiro atoms. The fourth-order valence-electron chi connectivity index (χ4n) is 4.81. The van der Waals surface area contributed by atoms with E-state index in [-0.39, 0.29) is 11.5 Å². The van der Waals surface area contributed by atoms with Crippen molar-refractivity contribution in [2.24, 2.45) is 17.3 Å². The lowest BCUT2D eigenvalue weighted by molar-refractivity contribution is -0.0519. The molecule has 1 saturated carbocycles. The lowest BCUT2D eigenvalue weighted by Gasteiger charge is -2.52. The van der Waals surface area contributed by atoms with Gasteiger partial charge in [-0.2, -0.15) is 0 Å². The molecular formula is C20H32N2O. The second-order valence-corrected chi connectivity index (χ2v) is 7.45. The number of rotatable bonds is 1. The maximum Gasteiger partial charge on any atom is 0.0583 e. The zero-order valence-electron chi connectivity index (χ0n) is 14.8. The first-order valence-electron chi connectivity index (χ1n) is 8.71. The Morgan fingerprint density at radius 1 is 1.26 bits per heavy atom. The van der Waals surface area contributed by atoms with E-state index in [9.17, 15) is 5.11 Å². The Morgan fingerprint density at radius 3 is 2.52 bits per heavy atom. The van der Waals surface area contributed by atoms with E-state index in [1.807, 2.05) is 13.0 Å². The molecule has 1 aromatic rings. The largest absolute Gasteiger partial charge is 0.397 e. The van der Waals surface area contributed by atoms with Crippen LogP contribution in [0.15, 0.2) is 25.3 Å². The summed E-state index contributed by atoms with van der Waals surface area (Å²) in [5, 5.41) is 10.2. The Morgan fingerprint density at radius 2 is 1.91 bits per heavy atom. The number of fused-ring (bicyclic) bond motifs is 3. The SMILES string of the molecule is C=C.CC(O)C1(C)CCC2c3ccc(N)c(N)c3CCC2C1C. The number of aliphatic hydroxyl groups excluding tert-OH is 1. The van der Waals surface area contributed by atoms with Crippen molar-refractivity contribution in [3.05, 3.63) is 36.4 Å². The van der Waals surface area contributed by atoms with Crippen molar-refractivity contribution in [3.8, 4) is 0 Å². The van der Waals surface area contributed by atoms with Gasteiger partial charge in [0.15, 0.2) is 0 Å². The van der Waals surface area contributed by atoms with Gasteiger partial charge in [0.25, 0.3) is 0 Å². The smallest absolute Gasteiger partial charge is 0.0583 e. The van der Waals surface area contributed by atoms with Crippen molar-refractivity contribution < 1.29 is 5.11 Å². The van der Waals surface area contributed by atoms with Gasteiger partial charge in [-0.1, -0.05) is 19.9 Å². The molecular weight excluding hydrogens is 284 g/mol. The van der Waals surface area contributed by atoms with Crippen molar-refractivity contribution >= 4 is 11.4 Å². The molecule has 128 valence electrons. The van der Waals surface area contributed by atoms with Gasteiger partial charge in [0.2, 0.25) is 0 Å². The number of hydrogen-bond donors (Lipinski definition) is 3. The summed E-state index contributed by atoms with van der Waals surface area (Å²) < 4.78 is 0. The Labute approximate surface area is 140 Å². The fraction of sp³-hybridized carbons (Fsp3) is 0.600. The van der Waals surface area contributed by atoms with Crippen LogP contribution in [0.3, 0.4) is 0 Å². The van der Waals surface area contributed by atoms with Gasteiger partial charge in [-0.05, 0) is 73.0 Å². The van der Waals surface area contributed by atoms with E-state index in [0.29, 0.717) is 23.4 Å². The minimum atomic E-state index is -0.244. The predicted molar refractivity (Wildman–Crippen MR) is 99.3 cm³/mol. The third-order valence-electron chi connectivity index (χ3n) is 6.70. The lowest BCUT2D eigenvalue weighted by Crippen LogP contribution is -2.46. The van der Waals surface area contributed by atoms with Crippen molar-refractivity contribution in [1.82, 2.24) is 0 Å². The van der Waals surface area contributed by atoms with Crippen LogP contribution in [0.5, 0.6) is 0 Å². The molecule has 3 nitrogen and oxygen atoms in total. The summed E-state index contributed by atoms with van der Waals surface area (Å²) in [5.74, 6) is 1.76. The van der Waals surface area contributed by atoms with Gasteiger partial charge in [0, 0.05) is 0 Å². The second kappa shape index (κ2) is 6.56. The summed E-state index contributed by atoms with van der Waals surface area (Å²) in [4.78, 5) is 0. The molecule has 23 heavy (non-hydrogen) atoms. The van der Waals surface area contributed by atoms with Crippen LogP contribution in [0, 0.1) is 17.3 Å². The molecule has 5 N–H and O–H groups in total. The highest BCUT2D eigenvalue weighted by atomic mass is 16.3. The first kappa shape index (κ1) is 17.9. The number of nitrogens with two attached hydrogens (primary N) is 2. The van der Waals surface area contributed by atoms with E-state index >= 15 is 0 Å². The summed E-state index contributed by atoms with van der Waals surface area (Å²) >= 11 is 0. The van der Waals surface area contributed by atoms with Crippen LogP contribution in [0.4, 0.5) is 11.4 Å². The van der Waals surface area contributed by atoms with Crippen LogP contribution in [-0.2, 0) is 6.42 Å². The van der Waals surface area contributed by atoms with Gasteiger partial charge < -0.3 is 16.6 Å². The minimum Gasteiger partial charge on any atom is -0.397 e. The highest BCUT2D eigenvalue weighted by Crippen LogP contribution is 2.56. The molecule has 1 aromatic carbocycles. The average Bonchev–Trinajstić information content (AvgIpc) is 2.55. The molecule has 0 radical (unpaired) electrons. The van der Waals surface area contributed by atoms with E-state index in [4.69, 9.17) is 11.5 Å². The number of anilines is 2. The molecule has 5 unspecified atom stereocenters. The predicted octanol–water partition coefficient (Wildman–Crippen LogP) is 4.12.